The number of carboxylic acids is 1. The summed E-state index contributed by atoms with van der Waals surface area (Å²) in [5, 5.41) is 8.69. The molecule has 1 aromatic rings. The average Bonchev–Trinajstić information content (AvgIpc) is 3.02. The van der Waals surface area contributed by atoms with Crippen LogP contribution in [0.15, 0.2) is 22.7 Å². The number of benzene rings is 1. The van der Waals surface area contributed by atoms with Crippen LogP contribution in [0.2, 0.25) is 0 Å². The van der Waals surface area contributed by atoms with Crippen molar-refractivity contribution in [1.29, 1.82) is 0 Å². The summed E-state index contributed by atoms with van der Waals surface area (Å²) in [6.45, 7) is 0.769. The second-order valence-electron chi connectivity index (χ2n) is 4.08. The molecule has 0 amide bonds. The van der Waals surface area contributed by atoms with Gasteiger partial charge in [-0.1, -0.05) is 22.0 Å². The first-order valence-corrected chi connectivity index (χ1v) is 6.07. The van der Waals surface area contributed by atoms with Gasteiger partial charge in [0.1, 0.15) is 5.75 Å². The van der Waals surface area contributed by atoms with E-state index >= 15 is 0 Å². The molecule has 2 rings (SSSR count). The Morgan fingerprint density at radius 2 is 2.25 bits per heavy atom. The van der Waals surface area contributed by atoms with Crippen molar-refractivity contribution >= 4 is 21.9 Å². The third kappa shape index (κ3) is 3.23. The molecule has 1 aromatic carbocycles. The van der Waals surface area contributed by atoms with Crippen LogP contribution in [0.3, 0.4) is 0 Å². The summed E-state index contributed by atoms with van der Waals surface area (Å²) in [5.74, 6) is 0.692. The van der Waals surface area contributed by atoms with E-state index in [-0.39, 0.29) is 6.42 Å². The zero-order valence-corrected chi connectivity index (χ0v) is 10.4. The molecule has 0 heterocycles. The summed E-state index contributed by atoms with van der Waals surface area (Å²) < 4.78 is 6.39. The normalized spacial score (nSPS) is 14.8. The minimum absolute atomic E-state index is 0.0312. The van der Waals surface area contributed by atoms with Gasteiger partial charge in [0.2, 0.25) is 0 Å². The molecule has 0 unspecified atom stereocenters. The van der Waals surface area contributed by atoms with Crippen LogP contribution >= 0.6 is 15.9 Å². The third-order valence-corrected chi connectivity index (χ3v) is 3.29. The van der Waals surface area contributed by atoms with Gasteiger partial charge in [-0.2, -0.15) is 0 Å². The predicted molar refractivity (Wildman–Crippen MR) is 63.7 cm³/mol. The fraction of sp³-hybridized carbons (Fsp3) is 0.417. The van der Waals surface area contributed by atoms with Gasteiger partial charge in [-0.15, -0.1) is 0 Å². The van der Waals surface area contributed by atoms with Crippen LogP contribution in [0.1, 0.15) is 18.4 Å². The zero-order valence-electron chi connectivity index (χ0n) is 8.78. The van der Waals surface area contributed by atoms with E-state index in [1.54, 1.807) is 6.07 Å². The molecule has 86 valence electrons. The van der Waals surface area contributed by atoms with Crippen molar-refractivity contribution in [3.63, 3.8) is 0 Å². The van der Waals surface area contributed by atoms with E-state index in [1.807, 2.05) is 12.1 Å². The van der Waals surface area contributed by atoms with E-state index < -0.39 is 5.97 Å². The number of rotatable bonds is 5. The van der Waals surface area contributed by atoms with E-state index in [1.165, 1.54) is 12.8 Å². The highest BCUT2D eigenvalue weighted by Gasteiger charge is 2.21. The first kappa shape index (κ1) is 11.5. The third-order valence-electron chi connectivity index (χ3n) is 2.55. The smallest absolute Gasteiger partial charge is 0.307 e. The SMILES string of the molecule is O=C(O)Cc1ccc(OCC2CC2)cc1Br. The Labute approximate surface area is 103 Å². The predicted octanol–water partition coefficient (Wildman–Crippen LogP) is 2.87. The molecular weight excluding hydrogens is 272 g/mol. The molecule has 1 saturated carbocycles. The lowest BCUT2D eigenvalue weighted by Gasteiger charge is -2.07. The first-order chi connectivity index (χ1) is 7.65. The lowest BCUT2D eigenvalue weighted by atomic mass is 10.1. The molecule has 1 N–H and O–H groups in total. The summed E-state index contributed by atoms with van der Waals surface area (Å²) in [5.41, 5.74) is 0.770. The van der Waals surface area contributed by atoms with Crippen molar-refractivity contribution in [3.05, 3.63) is 28.2 Å². The van der Waals surface area contributed by atoms with Gasteiger partial charge in [0.25, 0.3) is 0 Å². The Morgan fingerprint density at radius 3 is 2.81 bits per heavy atom. The molecule has 0 radical (unpaired) electrons. The quantitative estimate of drug-likeness (QED) is 0.904. The summed E-state index contributed by atoms with van der Waals surface area (Å²) in [7, 11) is 0. The second-order valence-corrected chi connectivity index (χ2v) is 4.93. The van der Waals surface area contributed by atoms with Crippen molar-refractivity contribution in [2.24, 2.45) is 5.92 Å². The number of ether oxygens (including phenoxy) is 1. The molecule has 4 heteroatoms. The van der Waals surface area contributed by atoms with Gasteiger partial charge in [-0.3, -0.25) is 4.79 Å². The topological polar surface area (TPSA) is 46.5 Å². The maximum absolute atomic E-state index is 10.6. The van der Waals surface area contributed by atoms with Gasteiger partial charge in [-0.25, -0.2) is 0 Å². The Balaban J connectivity index is 1.99. The van der Waals surface area contributed by atoms with Gasteiger partial charge in [0.05, 0.1) is 13.0 Å². The molecular formula is C12H13BrO3. The molecule has 0 saturated heterocycles. The Kier molecular flexibility index (Phi) is 3.49. The van der Waals surface area contributed by atoms with Crippen LogP contribution in [0.25, 0.3) is 0 Å². The van der Waals surface area contributed by atoms with Crippen molar-refractivity contribution in [3.8, 4) is 5.75 Å². The molecule has 16 heavy (non-hydrogen) atoms. The molecule has 0 aliphatic heterocycles. The molecule has 3 nitrogen and oxygen atoms in total. The lowest BCUT2D eigenvalue weighted by molar-refractivity contribution is -0.136. The number of carboxylic acid groups (broad SMARTS) is 1. The zero-order chi connectivity index (χ0) is 11.5. The highest BCUT2D eigenvalue weighted by atomic mass is 79.9. The molecule has 1 aliphatic rings. The standard InChI is InChI=1S/C12H13BrO3/c13-11-6-10(16-7-8-1-2-8)4-3-9(11)5-12(14)15/h3-4,6,8H,1-2,5,7H2,(H,14,15). The minimum atomic E-state index is -0.827. The Morgan fingerprint density at radius 1 is 1.50 bits per heavy atom. The fourth-order valence-corrected chi connectivity index (χ4v) is 1.92. The van der Waals surface area contributed by atoms with Crippen LogP contribution in [0, 0.1) is 5.92 Å². The van der Waals surface area contributed by atoms with E-state index in [2.05, 4.69) is 15.9 Å². The molecule has 0 spiro atoms. The van der Waals surface area contributed by atoms with Crippen LogP contribution in [-0.2, 0) is 11.2 Å². The van der Waals surface area contributed by atoms with E-state index in [0.29, 0.717) is 0 Å². The summed E-state index contributed by atoms with van der Waals surface area (Å²) >= 11 is 3.35. The Bertz CT molecular complexity index is 399. The Hall–Kier alpha value is -1.03. The second kappa shape index (κ2) is 4.87. The van der Waals surface area contributed by atoms with Crippen LogP contribution in [0.4, 0.5) is 0 Å². The first-order valence-electron chi connectivity index (χ1n) is 5.28. The lowest BCUT2D eigenvalue weighted by Crippen LogP contribution is -2.02. The summed E-state index contributed by atoms with van der Waals surface area (Å²) in [6.07, 6.45) is 2.56. The maximum Gasteiger partial charge on any atom is 0.307 e. The van der Waals surface area contributed by atoms with Gasteiger partial charge >= 0.3 is 5.97 Å². The van der Waals surface area contributed by atoms with Crippen LogP contribution in [-0.4, -0.2) is 17.7 Å². The van der Waals surface area contributed by atoms with Crippen molar-refractivity contribution < 1.29 is 14.6 Å². The van der Waals surface area contributed by atoms with E-state index in [4.69, 9.17) is 9.84 Å². The highest BCUT2D eigenvalue weighted by Crippen LogP contribution is 2.30. The van der Waals surface area contributed by atoms with Gasteiger partial charge < -0.3 is 9.84 Å². The molecule has 0 bridgehead atoms. The number of aliphatic carboxylic acids is 1. The van der Waals surface area contributed by atoms with Crippen molar-refractivity contribution in [2.75, 3.05) is 6.61 Å². The number of hydrogen-bond donors (Lipinski definition) is 1. The molecule has 0 aromatic heterocycles. The van der Waals surface area contributed by atoms with E-state index in [0.717, 1.165) is 28.3 Å². The van der Waals surface area contributed by atoms with Crippen molar-refractivity contribution in [2.45, 2.75) is 19.3 Å². The van der Waals surface area contributed by atoms with Crippen molar-refractivity contribution in [1.82, 2.24) is 0 Å². The molecule has 1 fully saturated rings. The van der Waals surface area contributed by atoms with Crippen LogP contribution in [0.5, 0.6) is 5.75 Å². The number of hydrogen-bond acceptors (Lipinski definition) is 2. The maximum atomic E-state index is 10.6. The minimum Gasteiger partial charge on any atom is -0.493 e. The van der Waals surface area contributed by atoms with Gasteiger partial charge in [0.15, 0.2) is 0 Å². The van der Waals surface area contributed by atoms with Crippen LogP contribution < -0.4 is 4.74 Å². The molecule has 1 aliphatic carbocycles. The highest BCUT2D eigenvalue weighted by molar-refractivity contribution is 9.10. The molecule has 0 atom stereocenters. The van der Waals surface area contributed by atoms with E-state index in [9.17, 15) is 4.79 Å². The van der Waals surface area contributed by atoms with Gasteiger partial charge in [0, 0.05) is 4.47 Å². The van der Waals surface area contributed by atoms with Gasteiger partial charge in [-0.05, 0) is 36.5 Å². The summed E-state index contributed by atoms with van der Waals surface area (Å²) in [4.78, 5) is 10.6. The monoisotopic (exact) mass is 284 g/mol. The fourth-order valence-electron chi connectivity index (χ4n) is 1.42. The summed E-state index contributed by atoms with van der Waals surface area (Å²) in [6, 6.07) is 5.45. The average molecular weight is 285 g/mol. The number of carbonyl (C=O) groups is 1. The number of halogens is 1. The largest absolute Gasteiger partial charge is 0.493 e.